The molecule has 0 aromatic carbocycles. The van der Waals surface area contributed by atoms with Crippen molar-refractivity contribution in [2.75, 3.05) is 0 Å². The molecule has 20 heavy (non-hydrogen) atoms. The van der Waals surface area contributed by atoms with E-state index >= 15 is 0 Å². The normalized spacial score (nSPS) is 11.8. The third-order valence-corrected chi connectivity index (χ3v) is 2.66. The molecule has 0 fully saturated rings. The summed E-state index contributed by atoms with van der Waals surface area (Å²) >= 11 is 0. The summed E-state index contributed by atoms with van der Waals surface area (Å²) in [6.07, 6.45) is -2.56. The van der Waals surface area contributed by atoms with Crippen LogP contribution < -0.4 is 5.56 Å². The molecule has 0 unspecified atom stereocenters. The maximum absolute atomic E-state index is 12.4. The fourth-order valence-corrected chi connectivity index (χ4v) is 1.85. The van der Waals surface area contributed by atoms with Gasteiger partial charge in [-0.15, -0.1) is 0 Å². The third kappa shape index (κ3) is 3.69. The first-order chi connectivity index (χ1) is 9.35. The number of aromatic nitrogens is 4. The molecule has 0 saturated heterocycles. The van der Waals surface area contributed by atoms with Gasteiger partial charge in [-0.25, -0.2) is 9.67 Å². The first kappa shape index (κ1) is 14.3. The minimum absolute atomic E-state index is 0.203. The summed E-state index contributed by atoms with van der Waals surface area (Å²) in [5.41, 5.74) is -0.203. The minimum atomic E-state index is -4.35. The largest absolute Gasteiger partial charge is 0.408 e. The average Bonchev–Trinajstić information content (AvgIpc) is 2.66. The van der Waals surface area contributed by atoms with Crippen LogP contribution in [0, 0.1) is 6.92 Å². The van der Waals surface area contributed by atoms with Crippen LogP contribution in [0.5, 0.6) is 0 Å². The van der Waals surface area contributed by atoms with Gasteiger partial charge in [-0.1, -0.05) is 6.07 Å². The molecule has 0 aliphatic rings. The van der Waals surface area contributed by atoms with Crippen molar-refractivity contribution in [3.63, 3.8) is 0 Å². The monoisotopic (exact) mass is 286 g/mol. The lowest BCUT2D eigenvalue weighted by molar-refractivity contribution is -0.143. The van der Waals surface area contributed by atoms with Gasteiger partial charge >= 0.3 is 6.18 Å². The fraction of sp³-hybridized carbons (Fsp3) is 0.417. The number of hydrogen-bond acceptors (Lipinski definition) is 3. The standard InChI is InChI=1S/C12H13F3N4O/c1-9-16-10(19(17-9)8-12(13,14)15)5-7-18-6-3-2-4-11(18)20/h2-4,6H,5,7-8H2,1H3. The van der Waals surface area contributed by atoms with Crippen molar-refractivity contribution in [3.05, 3.63) is 46.4 Å². The molecule has 0 aliphatic carbocycles. The van der Waals surface area contributed by atoms with Gasteiger partial charge in [-0.2, -0.15) is 18.3 Å². The average molecular weight is 286 g/mol. The predicted molar refractivity (Wildman–Crippen MR) is 65.2 cm³/mol. The molecule has 0 bridgehead atoms. The first-order valence-electron chi connectivity index (χ1n) is 5.98. The van der Waals surface area contributed by atoms with Crippen LogP contribution >= 0.6 is 0 Å². The van der Waals surface area contributed by atoms with Crippen molar-refractivity contribution in [2.24, 2.45) is 0 Å². The van der Waals surface area contributed by atoms with Gasteiger partial charge in [0.25, 0.3) is 5.56 Å². The highest BCUT2D eigenvalue weighted by atomic mass is 19.4. The van der Waals surface area contributed by atoms with Crippen LogP contribution in [0.1, 0.15) is 11.6 Å². The lowest BCUT2D eigenvalue weighted by Gasteiger charge is -2.09. The fourth-order valence-electron chi connectivity index (χ4n) is 1.85. The Kier molecular flexibility index (Phi) is 3.91. The molecule has 0 saturated carbocycles. The zero-order valence-electron chi connectivity index (χ0n) is 10.8. The van der Waals surface area contributed by atoms with E-state index in [-0.39, 0.29) is 30.2 Å². The maximum atomic E-state index is 12.4. The lowest BCUT2D eigenvalue weighted by Crippen LogP contribution is -2.23. The summed E-state index contributed by atoms with van der Waals surface area (Å²) in [4.78, 5) is 15.5. The van der Waals surface area contributed by atoms with Crippen LogP contribution in [0.3, 0.4) is 0 Å². The van der Waals surface area contributed by atoms with Crippen molar-refractivity contribution < 1.29 is 13.2 Å². The third-order valence-electron chi connectivity index (χ3n) is 2.66. The molecule has 0 amide bonds. The summed E-state index contributed by atoms with van der Waals surface area (Å²) in [5.74, 6) is 0.500. The molecular weight excluding hydrogens is 273 g/mol. The van der Waals surface area contributed by atoms with Gasteiger partial charge in [0.05, 0.1) is 0 Å². The summed E-state index contributed by atoms with van der Waals surface area (Å²) in [5, 5.41) is 3.73. The van der Waals surface area contributed by atoms with Crippen LogP contribution in [0.15, 0.2) is 29.2 Å². The second kappa shape index (κ2) is 5.48. The van der Waals surface area contributed by atoms with Gasteiger partial charge in [0.15, 0.2) is 0 Å². The number of halogens is 3. The van der Waals surface area contributed by atoms with Crippen LogP contribution in [0.2, 0.25) is 0 Å². The van der Waals surface area contributed by atoms with Gasteiger partial charge in [0.2, 0.25) is 0 Å². The Hall–Kier alpha value is -2.12. The number of hydrogen-bond donors (Lipinski definition) is 0. The Morgan fingerprint density at radius 2 is 2.05 bits per heavy atom. The summed E-state index contributed by atoms with van der Waals surface area (Å²) < 4.78 is 39.5. The highest BCUT2D eigenvalue weighted by Crippen LogP contribution is 2.18. The molecule has 0 radical (unpaired) electrons. The lowest BCUT2D eigenvalue weighted by atomic mass is 10.3. The molecule has 0 spiro atoms. The molecule has 2 heterocycles. The molecule has 8 heteroatoms. The quantitative estimate of drug-likeness (QED) is 0.857. The zero-order valence-corrected chi connectivity index (χ0v) is 10.8. The number of nitrogens with zero attached hydrogens (tertiary/aromatic N) is 4. The summed E-state index contributed by atoms with van der Waals surface area (Å²) in [6, 6.07) is 4.69. The highest BCUT2D eigenvalue weighted by molar-refractivity contribution is 4.96. The van der Waals surface area contributed by atoms with Crippen molar-refractivity contribution in [1.29, 1.82) is 0 Å². The van der Waals surface area contributed by atoms with Crippen molar-refractivity contribution in [1.82, 2.24) is 19.3 Å². The van der Waals surface area contributed by atoms with Crippen LogP contribution in [0.4, 0.5) is 13.2 Å². The highest BCUT2D eigenvalue weighted by Gasteiger charge is 2.30. The van der Waals surface area contributed by atoms with E-state index in [0.717, 1.165) is 4.68 Å². The minimum Gasteiger partial charge on any atom is -0.315 e. The van der Waals surface area contributed by atoms with E-state index in [4.69, 9.17) is 0 Å². The Morgan fingerprint density at radius 1 is 1.30 bits per heavy atom. The number of pyridine rings is 1. The molecule has 0 atom stereocenters. The van der Waals surface area contributed by atoms with Crippen LogP contribution in [0.25, 0.3) is 0 Å². The number of aryl methyl sites for hydroxylation is 3. The van der Waals surface area contributed by atoms with Crippen molar-refractivity contribution >= 4 is 0 Å². The van der Waals surface area contributed by atoms with E-state index in [9.17, 15) is 18.0 Å². The second-order valence-corrected chi connectivity index (χ2v) is 4.33. The molecular formula is C12H13F3N4O. The van der Waals surface area contributed by atoms with E-state index in [0.29, 0.717) is 0 Å². The van der Waals surface area contributed by atoms with Gasteiger partial charge in [0, 0.05) is 25.2 Å². The van der Waals surface area contributed by atoms with E-state index < -0.39 is 12.7 Å². The van der Waals surface area contributed by atoms with E-state index in [1.165, 1.54) is 17.6 Å². The van der Waals surface area contributed by atoms with E-state index in [2.05, 4.69) is 10.1 Å². The van der Waals surface area contributed by atoms with E-state index in [1.54, 1.807) is 18.3 Å². The van der Waals surface area contributed by atoms with Gasteiger partial charge in [-0.3, -0.25) is 4.79 Å². The van der Waals surface area contributed by atoms with Gasteiger partial charge < -0.3 is 4.57 Å². The summed E-state index contributed by atoms with van der Waals surface area (Å²) in [7, 11) is 0. The summed E-state index contributed by atoms with van der Waals surface area (Å²) in [6.45, 7) is 0.619. The topological polar surface area (TPSA) is 52.7 Å². The molecule has 2 rings (SSSR count). The van der Waals surface area contributed by atoms with Crippen molar-refractivity contribution in [3.8, 4) is 0 Å². The molecule has 2 aromatic heterocycles. The molecule has 108 valence electrons. The SMILES string of the molecule is Cc1nc(CCn2ccccc2=O)n(CC(F)(F)F)n1. The number of rotatable bonds is 4. The van der Waals surface area contributed by atoms with Crippen LogP contribution in [-0.2, 0) is 19.5 Å². The Morgan fingerprint density at radius 3 is 2.70 bits per heavy atom. The van der Waals surface area contributed by atoms with Gasteiger partial charge in [0.1, 0.15) is 18.2 Å². The number of alkyl halides is 3. The Balaban J connectivity index is 2.14. The second-order valence-electron chi connectivity index (χ2n) is 4.33. The van der Waals surface area contributed by atoms with Gasteiger partial charge in [-0.05, 0) is 13.0 Å². The molecule has 0 N–H and O–H groups in total. The van der Waals surface area contributed by atoms with E-state index in [1.807, 2.05) is 0 Å². The van der Waals surface area contributed by atoms with Crippen LogP contribution in [-0.4, -0.2) is 25.5 Å². The molecule has 5 nitrogen and oxygen atoms in total. The maximum Gasteiger partial charge on any atom is 0.408 e. The first-order valence-corrected chi connectivity index (χ1v) is 5.98. The van der Waals surface area contributed by atoms with Crippen molar-refractivity contribution in [2.45, 2.75) is 32.6 Å². The predicted octanol–water partition coefficient (Wildman–Crippen LogP) is 1.55. The Bertz CT molecular complexity index is 645. The smallest absolute Gasteiger partial charge is 0.315 e. The molecule has 2 aromatic rings. The zero-order chi connectivity index (χ0) is 14.8. The molecule has 0 aliphatic heterocycles. The Labute approximate surface area is 112 Å².